The predicted molar refractivity (Wildman–Crippen MR) is 78.8 cm³/mol. The molecule has 0 aliphatic rings. The first-order valence-electron chi connectivity index (χ1n) is 5.87. The Kier molecular flexibility index (Phi) is 3.17. The van der Waals surface area contributed by atoms with E-state index in [4.69, 9.17) is 0 Å². The van der Waals surface area contributed by atoms with Crippen LogP contribution in [0.25, 0.3) is 9.40 Å². The van der Waals surface area contributed by atoms with Gasteiger partial charge in [-0.1, -0.05) is 69.4 Å². The van der Waals surface area contributed by atoms with Crippen molar-refractivity contribution in [2.45, 2.75) is 46.0 Å². The van der Waals surface area contributed by atoms with Gasteiger partial charge in [-0.2, -0.15) is 0 Å². The molecule has 0 amide bonds. The van der Waals surface area contributed by atoms with Crippen LogP contribution in [-0.2, 0) is 5.41 Å². The van der Waals surface area contributed by atoms with E-state index < -0.39 is 0 Å². The lowest BCUT2D eigenvalue weighted by Gasteiger charge is -2.21. The van der Waals surface area contributed by atoms with Crippen LogP contribution in [0.1, 0.15) is 51.7 Å². The van der Waals surface area contributed by atoms with Crippen LogP contribution in [0.4, 0.5) is 0 Å². The van der Waals surface area contributed by atoms with Gasteiger partial charge in [0.25, 0.3) is 4.06 Å². The maximum atomic E-state index is 11.7. The summed E-state index contributed by atoms with van der Waals surface area (Å²) >= 11 is 2.80. The Bertz CT molecular complexity index is 597. The monoisotopic (exact) mass is 266 g/mol. The normalized spacial score (nSPS) is 12.6. The highest BCUT2D eigenvalue weighted by atomic mass is 32.2. The van der Waals surface area contributed by atoms with Crippen LogP contribution in [0, 0.1) is 0 Å². The van der Waals surface area contributed by atoms with Crippen molar-refractivity contribution in [3.63, 3.8) is 0 Å². The second-order valence-electron chi connectivity index (χ2n) is 5.72. The van der Waals surface area contributed by atoms with Gasteiger partial charge in [0, 0.05) is 0 Å². The smallest absolute Gasteiger partial charge is 0.265 e. The molecule has 2 aromatic rings. The van der Waals surface area contributed by atoms with Crippen molar-refractivity contribution in [2.24, 2.45) is 0 Å². The van der Waals surface area contributed by atoms with Crippen LogP contribution >= 0.6 is 22.7 Å². The van der Waals surface area contributed by atoms with Gasteiger partial charge >= 0.3 is 0 Å². The molecule has 0 unspecified atom stereocenters. The molecule has 0 N–H and O–H groups in total. The van der Waals surface area contributed by atoms with Crippen LogP contribution < -0.4 is 4.06 Å². The first-order chi connectivity index (χ1) is 7.80. The Hall–Kier alpha value is -0.670. The maximum Gasteiger partial charge on any atom is 0.288 e. The molecule has 0 atom stereocenters. The van der Waals surface area contributed by atoms with Crippen LogP contribution in [0.3, 0.4) is 0 Å². The van der Waals surface area contributed by atoms with E-state index in [1.54, 1.807) is 0 Å². The fourth-order valence-electron chi connectivity index (χ4n) is 2.02. The highest BCUT2D eigenvalue weighted by Crippen LogP contribution is 2.37. The second kappa shape index (κ2) is 4.21. The van der Waals surface area contributed by atoms with Gasteiger partial charge in [-0.25, -0.2) is 0 Å². The van der Waals surface area contributed by atoms with Gasteiger partial charge in [0.1, 0.15) is 0 Å². The average Bonchev–Trinajstić information content (AvgIpc) is 2.54. The van der Waals surface area contributed by atoms with E-state index in [2.05, 4.69) is 46.8 Å². The summed E-state index contributed by atoms with van der Waals surface area (Å²) in [7, 11) is 0. The molecule has 0 aliphatic heterocycles. The van der Waals surface area contributed by atoms with Gasteiger partial charge < -0.3 is 0 Å². The molecule has 2 rings (SSSR count). The van der Waals surface area contributed by atoms with Crippen molar-refractivity contribution in [3.05, 3.63) is 32.1 Å². The first kappa shape index (κ1) is 12.8. The number of benzene rings is 1. The molecular weight excluding hydrogens is 248 g/mol. The summed E-state index contributed by atoms with van der Waals surface area (Å²) < 4.78 is 2.60. The van der Waals surface area contributed by atoms with E-state index in [0.29, 0.717) is 5.92 Å². The molecule has 0 saturated heterocycles. The van der Waals surface area contributed by atoms with Crippen molar-refractivity contribution in [1.82, 2.24) is 0 Å². The Labute approximate surface area is 110 Å². The summed E-state index contributed by atoms with van der Waals surface area (Å²) in [4.78, 5) is 11.7. The number of hydrogen-bond donors (Lipinski definition) is 0. The second-order valence-corrected chi connectivity index (χ2v) is 7.94. The van der Waals surface area contributed by atoms with Gasteiger partial charge in [0.2, 0.25) is 0 Å². The van der Waals surface area contributed by atoms with Crippen molar-refractivity contribution in [3.8, 4) is 0 Å². The summed E-state index contributed by atoms with van der Waals surface area (Å²) in [5.41, 5.74) is 2.69. The van der Waals surface area contributed by atoms with E-state index in [-0.39, 0.29) is 9.47 Å². The predicted octanol–water partition coefficient (Wildman–Crippen LogP) is 4.74. The van der Waals surface area contributed by atoms with E-state index in [0.717, 1.165) is 0 Å². The lowest BCUT2D eigenvalue weighted by Crippen LogP contribution is -2.11. The van der Waals surface area contributed by atoms with Crippen molar-refractivity contribution in [1.29, 1.82) is 0 Å². The molecule has 0 saturated carbocycles. The van der Waals surface area contributed by atoms with Crippen LogP contribution in [0.2, 0.25) is 0 Å². The number of rotatable bonds is 1. The topological polar surface area (TPSA) is 17.1 Å². The molecule has 1 nitrogen and oxygen atoms in total. The van der Waals surface area contributed by atoms with Crippen molar-refractivity contribution >= 4 is 32.1 Å². The van der Waals surface area contributed by atoms with E-state index in [9.17, 15) is 4.79 Å². The van der Waals surface area contributed by atoms with E-state index >= 15 is 0 Å². The third kappa shape index (κ3) is 2.31. The number of hydrogen-bond acceptors (Lipinski definition) is 3. The Morgan fingerprint density at radius 2 is 1.65 bits per heavy atom. The fraction of sp³-hybridized carbons (Fsp3) is 0.500. The van der Waals surface area contributed by atoms with Crippen LogP contribution in [0.5, 0.6) is 0 Å². The SMILES string of the molecule is CC(C)c1ccc(C(C)(C)C)c2sc(=O)sc12. The van der Waals surface area contributed by atoms with Gasteiger partial charge in [0.15, 0.2) is 0 Å². The molecule has 92 valence electrons. The lowest BCUT2D eigenvalue weighted by atomic mass is 9.86. The minimum atomic E-state index is 0.0950. The van der Waals surface area contributed by atoms with Gasteiger partial charge in [0.05, 0.1) is 9.40 Å². The molecule has 0 radical (unpaired) electrons. The molecular formula is C14H18OS2. The Morgan fingerprint density at radius 3 is 2.18 bits per heavy atom. The first-order valence-corrected chi connectivity index (χ1v) is 7.51. The molecule has 0 bridgehead atoms. The van der Waals surface area contributed by atoms with Crippen LogP contribution in [0.15, 0.2) is 16.9 Å². The molecule has 0 fully saturated rings. The van der Waals surface area contributed by atoms with Crippen molar-refractivity contribution < 1.29 is 0 Å². The quantitative estimate of drug-likeness (QED) is 0.728. The lowest BCUT2D eigenvalue weighted by molar-refractivity contribution is 0.596. The summed E-state index contributed by atoms with van der Waals surface area (Å²) in [6.07, 6.45) is 0. The molecule has 1 heterocycles. The molecule has 0 spiro atoms. The summed E-state index contributed by atoms with van der Waals surface area (Å²) in [5, 5.41) is 0. The van der Waals surface area contributed by atoms with Gasteiger partial charge in [-0.05, 0) is 22.5 Å². The zero-order valence-electron chi connectivity index (χ0n) is 11.0. The highest BCUT2D eigenvalue weighted by Gasteiger charge is 2.21. The average molecular weight is 266 g/mol. The number of fused-ring (bicyclic) bond motifs is 1. The molecule has 3 heteroatoms. The molecule has 1 aromatic heterocycles. The largest absolute Gasteiger partial charge is 0.288 e. The Morgan fingerprint density at radius 1 is 1.06 bits per heavy atom. The molecule has 1 aromatic carbocycles. The van der Waals surface area contributed by atoms with Gasteiger partial charge in [-0.3, -0.25) is 4.79 Å². The third-order valence-electron chi connectivity index (χ3n) is 2.94. The summed E-state index contributed by atoms with van der Waals surface area (Å²) in [5.74, 6) is 0.469. The molecule has 0 aliphatic carbocycles. The third-order valence-corrected chi connectivity index (χ3v) is 5.18. The maximum absolute atomic E-state index is 11.7. The van der Waals surface area contributed by atoms with E-state index in [1.807, 2.05) is 0 Å². The summed E-state index contributed by atoms with van der Waals surface area (Å²) in [6, 6.07) is 4.39. The minimum Gasteiger partial charge on any atom is -0.265 e. The zero-order chi connectivity index (χ0) is 12.8. The van der Waals surface area contributed by atoms with E-state index in [1.165, 1.54) is 43.2 Å². The highest BCUT2D eigenvalue weighted by molar-refractivity contribution is 7.35. The van der Waals surface area contributed by atoms with Crippen molar-refractivity contribution in [2.75, 3.05) is 0 Å². The molecule has 17 heavy (non-hydrogen) atoms. The van der Waals surface area contributed by atoms with Crippen LogP contribution in [-0.4, -0.2) is 0 Å². The fourth-order valence-corrected chi connectivity index (χ4v) is 4.59. The van der Waals surface area contributed by atoms with Gasteiger partial charge in [-0.15, -0.1) is 0 Å². The minimum absolute atomic E-state index is 0.0950. The zero-order valence-corrected chi connectivity index (χ0v) is 12.6. The standard InChI is InChI=1S/C14H18OS2/c1-8(2)9-6-7-10(14(3,4)5)12-11(9)16-13(15)17-12/h6-8H,1-5H3. The summed E-state index contributed by atoms with van der Waals surface area (Å²) in [6.45, 7) is 11.0. The Balaban J connectivity index is 2.84.